The molecule has 8 heteroatoms. The van der Waals surface area contributed by atoms with Gasteiger partial charge in [0, 0.05) is 26.3 Å². The highest BCUT2D eigenvalue weighted by atomic mass is 35.5. The Morgan fingerprint density at radius 3 is 1.60 bits per heavy atom. The molecule has 2 atom stereocenters. The zero-order valence-electron chi connectivity index (χ0n) is 38.6. The number of ether oxygens (including phenoxy) is 2. The van der Waals surface area contributed by atoms with Gasteiger partial charge in [-0.15, -0.1) is 24.8 Å². The number of amides is 1. The Morgan fingerprint density at radius 2 is 1.08 bits per heavy atom. The normalized spacial score (nSPS) is 12.7. The molecule has 0 bridgehead atoms. The van der Waals surface area contributed by atoms with Crippen molar-refractivity contribution in [2.24, 2.45) is 5.73 Å². The van der Waals surface area contributed by atoms with Gasteiger partial charge in [-0.3, -0.25) is 4.79 Å². The van der Waals surface area contributed by atoms with Crippen molar-refractivity contribution in [2.45, 2.75) is 206 Å². The summed E-state index contributed by atoms with van der Waals surface area (Å²) in [6, 6.07) is 10.0. The van der Waals surface area contributed by atoms with E-state index in [0.717, 1.165) is 51.6 Å². The third-order valence-corrected chi connectivity index (χ3v) is 10.7. The third kappa shape index (κ3) is 41.4. The fraction of sp³-hybridized carbons (Fsp3) is 0.712. The van der Waals surface area contributed by atoms with E-state index >= 15 is 0 Å². The highest BCUT2D eigenvalue weighted by Gasteiger charge is 2.19. The predicted octanol–water partition coefficient (Wildman–Crippen LogP) is 14.3. The van der Waals surface area contributed by atoms with Crippen molar-refractivity contribution < 1.29 is 14.3 Å². The maximum atomic E-state index is 13.4. The molecule has 1 aromatic carbocycles. The summed E-state index contributed by atoms with van der Waals surface area (Å²) < 4.78 is 12.5. The van der Waals surface area contributed by atoms with E-state index in [-0.39, 0.29) is 42.9 Å². The molecule has 0 spiro atoms. The first kappa shape index (κ1) is 60.2. The fourth-order valence-electron chi connectivity index (χ4n) is 6.91. The van der Waals surface area contributed by atoms with E-state index in [1.54, 1.807) is 0 Å². The Kier molecular flexibility index (Phi) is 49.9. The zero-order valence-corrected chi connectivity index (χ0v) is 40.2. The number of nitrogens with one attached hydrogen (secondary N) is 2. The molecule has 1 unspecified atom stereocenters. The van der Waals surface area contributed by atoms with Crippen LogP contribution < -0.4 is 16.4 Å². The number of hydrogen-bond donors (Lipinski definition) is 3. The summed E-state index contributed by atoms with van der Waals surface area (Å²) in [4.78, 5) is 13.4. The molecular formula is C52H93Cl2N3O3. The van der Waals surface area contributed by atoms with Gasteiger partial charge in [-0.1, -0.05) is 176 Å². The first-order chi connectivity index (χ1) is 28.7. The van der Waals surface area contributed by atoms with Crippen molar-refractivity contribution >= 4 is 30.7 Å². The molecule has 0 aliphatic heterocycles. The summed E-state index contributed by atoms with van der Waals surface area (Å²) in [5, 5.41) is 6.70. The number of unbranched alkanes of at least 4 members (excludes halogenated alkanes) is 19. The zero-order chi connectivity index (χ0) is 41.7. The van der Waals surface area contributed by atoms with Crippen LogP contribution in [0.25, 0.3) is 0 Å². The lowest BCUT2D eigenvalue weighted by atomic mass is 10.1. The minimum atomic E-state index is -0.265. The molecule has 0 fully saturated rings. The predicted molar refractivity (Wildman–Crippen MR) is 267 cm³/mol. The molecule has 0 heterocycles. The number of benzene rings is 1. The third-order valence-electron chi connectivity index (χ3n) is 10.7. The summed E-state index contributed by atoms with van der Waals surface area (Å²) in [5.41, 5.74) is 6.94. The van der Waals surface area contributed by atoms with Crippen molar-refractivity contribution in [3.8, 4) is 0 Å². The second kappa shape index (κ2) is 49.7. The van der Waals surface area contributed by atoms with E-state index in [1.807, 2.05) is 18.2 Å². The van der Waals surface area contributed by atoms with Crippen LogP contribution in [0.2, 0.25) is 0 Å². The van der Waals surface area contributed by atoms with Crippen LogP contribution in [0, 0.1) is 0 Å². The van der Waals surface area contributed by atoms with Gasteiger partial charge in [0.2, 0.25) is 5.91 Å². The van der Waals surface area contributed by atoms with Gasteiger partial charge in [0.25, 0.3) is 0 Å². The highest BCUT2D eigenvalue weighted by molar-refractivity contribution is 5.85. The average molecular weight is 879 g/mol. The van der Waals surface area contributed by atoms with Crippen molar-refractivity contribution in [1.82, 2.24) is 10.6 Å². The maximum Gasteiger partial charge on any atom is 0.237 e. The number of hydrogen-bond acceptors (Lipinski definition) is 5. The molecule has 0 aliphatic carbocycles. The van der Waals surface area contributed by atoms with Gasteiger partial charge >= 0.3 is 0 Å². The molecular weight excluding hydrogens is 785 g/mol. The molecule has 0 saturated heterocycles. The van der Waals surface area contributed by atoms with Crippen LogP contribution in [0.4, 0.5) is 0 Å². The Hall–Kier alpha value is -1.93. The van der Waals surface area contributed by atoms with Crippen LogP contribution in [0.15, 0.2) is 78.9 Å². The Labute approximate surface area is 383 Å². The molecule has 1 aromatic rings. The summed E-state index contributed by atoms with van der Waals surface area (Å²) in [6.07, 6.45) is 50.7. The molecule has 1 rings (SSSR count). The van der Waals surface area contributed by atoms with Gasteiger partial charge < -0.3 is 25.8 Å². The van der Waals surface area contributed by atoms with Crippen molar-refractivity contribution in [3.63, 3.8) is 0 Å². The molecule has 60 heavy (non-hydrogen) atoms. The van der Waals surface area contributed by atoms with Crippen molar-refractivity contribution in [3.05, 3.63) is 84.5 Å². The number of carbonyl (C=O) groups excluding carboxylic acids is 1. The van der Waals surface area contributed by atoms with Crippen molar-refractivity contribution in [1.29, 1.82) is 0 Å². The summed E-state index contributed by atoms with van der Waals surface area (Å²) >= 11 is 0. The van der Waals surface area contributed by atoms with Gasteiger partial charge in [-0.05, 0) is 102 Å². The van der Waals surface area contributed by atoms with E-state index in [4.69, 9.17) is 15.2 Å². The Balaban J connectivity index is 0. The van der Waals surface area contributed by atoms with Crippen LogP contribution >= 0.6 is 24.8 Å². The average Bonchev–Trinajstić information content (AvgIpc) is 3.24. The maximum absolute atomic E-state index is 13.4. The van der Waals surface area contributed by atoms with Crippen LogP contribution in [0.1, 0.15) is 193 Å². The summed E-state index contributed by atoms with van der Waals surface area (Å²) in [7, 11) is 0. The van der Waals surface area contributed by atoms with E-state index in [0.29, 0.717) is 32.8 Å². The SMILES string of the molecule is CCCCC/C=C\C/C=C\CCCCCCCCOCC(CNC(=O)[C@@H](CCCCN)NCc1ccccc1)OCCCCCCCC/C=C\C/C=C\CCCCC.Cl.Cl. The second-order valence-corrected chi connectivity index (χ2v) is 16.2. The lowest BCUT2D eigenvalue weighted by Crippen LogP contribution is -2.47. The molecule has 0 saturated carbocycles. The van der Waals surface area contributed by atoms with Gasteiger partial charge in [0.05, 0.1) is 18.8 Å². The van der Waals surface area contributed by atoms with Gasteiger partial charge in [0.15, 0.2) is 0 Å². The van der Waals surface area contributed by atoms with E-state index < -0.39 is 0 Å². The van der Waals surface area contributed by atoms with E-state index in [1.165, 1.54) is 134 Å². The first-order valence-electron chi connectivity index (χ1n) is 24.3. The van der Waals surface area contributed by atoms with Crippen LogP contribution in [0.5, 0.6) is 0 Å². The molecule has 6 nitrogen and oxygen atoms in total. The Bertz CT molecular complexity index is 1130. The first-order valence-corrected chi connectivity index (χ1v) is 24.3. The topological polar surface area (TPSA) is 85.6 Å². The number of carbonyl (C=O) groups is 1. The molecule has 1 amide bonds. The second-order valence-electron chi connectivity index (χ2n) is 16.2. The largest absolute Gasteiger partial charge is 0.379 e. The standard InChI is InChI=1S/C52H91N3O3.2ClH/c1-3-5-7-9-11-13-15-17-19-21-23-25-27-29-31-38-44-57-48-50(47-55-52(56)51(42-36-37-43-53)54-46-49-40-34-33-35-41-49)58-45-39-32-30-28-26-24-22-20-18-16-14-12-10-8-6-4-2;;/h11-14,17-20,33-35,40-41,50-51,54H,3-10,15-16,21-32,36-39,42-48,53H2,1-2H3,(H,55,56);2*1H/b13-11-,14-12-,19-17-,20-18-;;/t50?,51-;;/m1../s1. The number of allylic oxidation sites excluding steroid dienone is 8. The van der Waals surface area contributed by atoms with E-state index in [2.05, 4.69) is 85.2 Å². The highest BCUT2D eigenvalue weighted by Crippen LogP contribution is 2.11. The number of rotatable bonds is 43. The summed E-state index contributed by atoms with van der Waals surface area (Å²) in [5.74, 6) is 0.0282. The molecule has 0 radical (unpaired) electrons. The van der Waals surface area contributed by atoms with Crippen LogP contribution in [0.3, 0.4) is 0 Å². The summed E-state index contributed by atoms with van der Waals surface area (Å²) in [6.45, 7) is 8.24. The van der Waals surface area contributed by atoms with Gasteiger partial charge in [-0.2, -0.15) is 0 Å². The molecule has 348 valence electrons. The lowest BCUT2D eigenvalue weighted by molar-refractivity contribution is -0.124. The van der Waals surface area contributed by atoms with Crippen LogP contribution in [-0.4, -0.2) is 51.0 Å². The van der Waals surface area contributed by atoms with Gasteiger partial charge in [0.1, 0.15) is 0 Å². The fourth-order valence-corrected chi connectivity index (χ4v) is 6.91. The lowest BCUT2D eigenvalue weighted by Gasteiger charge is -2.22. The smallest absolute Gasteiger partial charge is 0.237 e. The monoisotopic (exact) mass is 878 g/mol. The minimum absolute atomic E-state index is 0. The Morgan fingerprint density at radius 1 is 0.600 bits per heavy atom. The molecule has 0 aromatic heterocycles. The van der Waals surface area contributed by atoms with Crippen LogP contribution in [-0.2, 0) is 20.8 Å². The van der Waals surface area contributed by atoms with E-state index in [9.17, 15) is 4.79 Å². The quantitative estimate of drug-likeness (QED) is 0.0449. The number of halogens is 2. The molecule has 4 N–H and O–H groups in total. The van der Waals surface area contributed by atoms with Gasteiger partial charge in [-0.25, -0.2) is 0 Å². The molecule has 0 aliphatic rings. The number of nitrogens with two attached hydrogens (primary N) is 1. The minimum Gasteiger partial charge on any atom is -0.379 e. The van der Waals surface area contributed by atoms with Crippen molar-refractivity contribution in [2.75, 3.05) is 32.9 Å².